The Labute approximate surface area is 41.5 Å². The lowest BCUT2D eigenvalue weighted by atomic mass is 11.0. The van der Waals surface area contributed by atoms with E-state index in [1.54, 1.807) is 13.4 Å². The molecule has 1 heterocycles. The van der Waals surface area contributed by atoms with Crippen molar-refractivity contribution in [1.29, 1.82) is 0 Å². The van der Waals surface area contributed by atoms with E-state index in [2.05, 4.69) is 15.8 Å². The van der Waals surface area contributed by atoms with Crippen LogP contribution in [0.3, 0.4) is 0 Å². The van der Waals surface area contributed by atoms with Gasteiger partial charge in [-0.1, -0.05) is 0 Å². The highest BCUT2D eigenvalue weighted by atomic mass is 16.5. The van der Waals surface area contributed by atoms with Crippen LogP contribution in [-0.4, -0.2) is 19.8 Å². The highest BCUT2D eigenvalue weighted by Gasteiger charge is 2.03. The number of nitrogens with zero attached hydrogens (tertiary/aromatic N) is 1. The Morgan fingerprint density at radius 3 is 3.00 bits per heavy atom. The van der Waals surface area contributed by atoms with E-state index in [0.29, 0.717) is 0 Å². The van der Waals surface area contributed by atoms with Crippen LogP contribution in [0.2, 0.25) is 0 Å². The number of rotatable bonds is 1. The van der Waals surface area contributed by atoms with Gasteiger partial charge in [-0.3, -0.25) is 5.43 Å². The van der Waals surface area contributed by atoms with Gasteiger partial charge in [-0.05, 0) is 0 Å². The number of nitrogens with one attached hydrogen (secondary N) is 2. The molecule has 1 atom stereocenters. The van der Waals surface area contributed by atoms with Crippen molar-refractivity contribution in [2.45, 2.75) is 6.35 Å². The van der Waals surface area contributed by atoms with Gasteiger partial charge in [0.25, 0.3) is 0 Å². The Hall–Kier alpha value is -0.770. The summed E-state index contributed by atoms with van der Waals surface area (Å²) in [6, 6.07) is 0. The van der Waals surface area contributed by atoms with Crippen molar-refractivity contribution in [2.75, 3.05) is 7.11 Å². The van der Waals surface area contributed by atoms with Gasteiger partial charge in [-0.15, -0.1) is 0 Å². The van der Waals surface area contributed by atoms with Gasteiger partial charge in [0.05, 0.1) is 0 Å². The molecule has 1 aliphatic heterocycles. The van der Waals surface area contributed by atoms with Crippen LogP contribution in [0, 0.1) is 0 Å². The molecule has 2 N–H and O–H groups in total. The van der Waals surface area contributed by atoms with Gasteiger partial charge < -0.3 is 10.1 Å². The summed E-state index contributed by atoms with van der Waals surface area (Å²) in [6.45, 7) is 0. The van der Waals surface area contributed by atoms with Gasteiger partial charge in [0.2, 0.25) is 6.35 Å². The summed E-state index contributed by atoms with van der Waals surface area (Å²) in [7, 11) is 1.60. The summed E-state index contributed by atoms with van der Waals surface area (Å²) < 4.78 is 4.76. The van der Waals surface area contributed by atoms with Crippen LogP contribution in [0.1, 0.15) is 0 Å². The summed E-state index contributed by atoms with van der Waals surface area (Å²) in [5.74, 6) is 0. The van der Waals surface area contributed by atoms with Crippen LogP contribution in [0.25, 0.3) is 0 Å². The summed E-state index contributed by atoms with van der Waals surface area (Å²) in [4.78, 5) is 0. The van der Waals surface area contributed by atoms with E-state index in [9.17, 15) is 0 Å². The zero-order valence-electron chi connectivity index (χ0n) is 4.01. The second-order valence-electron chi connectivity index (χ2n) is 1.17. The van der Waals surface area contributed by atoms with Crippen molar-refractivity contribution in [3.8, 4) is 0 Å². The molecule has 1 unspecified atom stereocenters. The molecule has 0 aromatic carbocycles. The molecule has 0 aromatic rings. The molecule has 0 amide bonds. The minimum Gasteiger partial charge on any atom is -0.343 e. The largest absolute Gasteiger partial charge is 0.343 e. The van der Waals surface area contributed by atoms with Gasteiger partial charge in [0, 0.05) is 7.11 Å². The summed E-state index contributed by atoms with van der Waals surface area (Å²) in [5.41, 5.74) is 2.64. The molecule has 4 heteroatoms. The molecular formula is C3H7N3O. The van der Waals surface area contributed by atoms with Crippen molar-refractivity contribution in [3.05, 3.63) is 0 Å². The van der Waals surface area contributed by atoms with Crippen LogP contribution in [0.15, 0.2) is 5.10 Å². The van der Waals surface area contributed by atoms with E-state index in [-0.39, 0.29) is 6.35 Å². The van der Waals surface area contributed by atoms with Gasteiger partial charge in [0.1, 0.15) is 6.34 Å². The zero-order chi connectivity index (χ0) is 5.11. The lowest BCUT2D eigenvalue weighted by Gasteiger charge is -2.04. The lowest BCUT2D eigenvalue weighted by molar-refractivity contribution is 0.0735. The molecule has 0 aliphatic carbocycles. The summed E-state index contributed by atoms with van der Waals surface area (Å²) >= 11 is 0. The molecule has 1 aliphatic rings. The van der Waals surface area contributed by atoms with Crippen molar-refractivity contribution < 1.29 is 4.74 Å². The molecular weight excluding hydrogens is 94.1 g/mol. The van der Waals surface area contributed by atoms with Crippen molar-refractivity contribution in [2.24, 2.45) is 5.10 Å². The highest BCUT2D eigenvalue weighted by Crippen LogP contribution is 1.79. The van der Waals surface area contributed by atoms with Crippen LogP contribution in [0.5, 0.6) is 0 Å². The second-order valence-corrected chi connectivity index (χ2v) is 1.17. The average molecular weight is 101 g/mol. The predicted octanol–water partition coefficient (Wildman–Crippen LogP) is -0.948. The predicted molar refractivity (Wildman–Crippen MR) is 25.6 cm³/mol. The minimum absolute atomic E-state index is 0.125. The summed E-state index contributed by atoms with van der Waals surface area (Å²) in [5, 5.41) is 6.41. The van der Waals surface area contributed by atoms with Crippen LogP contribution in [-0.2, 0) is 4.74 Å². The Morgan fingerprint density at radius 1 is 1.86 bits per heavy atom. The number of ether oxygens (including phenoxy) is 1. The van der Waals surface area contributed by atoms with E-state index in [1.807, 2.05) is 0 Å². The first kappa shape index (κ1) is 4.39. The smallest absolute Gasteiger partial charge is 0.220 e. The lowest BCUT2D eigenvalue weighted by Crippen LogP contribution is -2.33. The quantitative estimate of drug-likeness (QED) is 0.447. The van der Waals surface area contributed by atoms with Crippen molar-refractivity contribution >= 4 is 6.34 Å². The van der Waals surface area contributed by atoms with E-state index < -0.39 is 0 Å². The first-order valence-electron chi connectivity index (χ1n) is 1.99. The number of hydrazone groups is 1. The number of hydrogen-bond donors (Lipinski definition) is 2. The van der Waals surface area contributed by atoms with Crippen LogP contribution in [0.4, 0.5) is 0 Å². The highest BCUT2D eigenvalue weighted by molar-refractivity contribution is 5.55. The standard InChI is InChI=1S/C3H7N3O/c1-7-3-4-2-5-6-3/h2-3,6H,1H3,(H,4,5). The molecule has 0 fully saturated rings. The zero-order valence-corrected chi connectivity index (χ0v) is 4.01. The topological polar surface area (TPSA) is 45.6 Å². The first-order chi connectivity index (χ1) is 3.43. The molecule has 40 valence electrons. The Balaban J connectivity index is 2.22. The van der Waals surface area contributed by atoms with E-state index in [4.69, 9.17) is 4.74 Å². The molecule has 0 aromatic heterocycles. The van der Waals surface area contributed by atoms with Gasteiger partial charge in [-0.25, -0.2) is 0 Å². The third-order valence-corrected chi connectivity index (χ3v) is 0.718. The third kappa shape index (κ3) is 0.806. The van der Waals surface area contributed by atoms with Crippen molar-refractivity contribution in [1.82, 2.24) is 10.7 Å². The molecule has 0 radical (unpaired) electrons. The fourth-order valence-electron chi connectivity index (χ4n) is 0.368. The third-order valence-electron chi connectivity index (χ3n) is 0.718. The Kier molecular flexibility index (Phi) is 1.12. The summed E-state index contributed by atoms with van der Waals surface area (Å²) in [6.07, 6.45) is 1.42. The number of hydrogen-bond acceptors (Lipinski definition) is 4. The van der Waals surface area contributed by atoms with Gasteiger partial charge >= 0.3 is 0 Å². The minimum atomic E-state index is -0.125. The van der Waals surface area contributed by atoms with E-state index >= 15 is 0 Å². The van der Waals surface area contributed by atoms with E-state index in [0.717, 1.165) is 0 Å². The molecule has 0 saturated heterocycles. The first-order valence-corrected chi connectivity index (χ1v) is 1.99. The van der Waals surface area contributed by atoms with Crippen molar-refractivity contribution in [3.63, 3.8) is 0 Å². The Morgan fingerprint density at radius 2 is 2.71 bits per heavy atom. The van der Waals surface area contributed by atoms with Crippen LogP contribution < -0.4 is 10.7 Å². The molecule has 4 nitrogen and oxygen atoms in total. The molecule has 1 rings (SSSR count). The molecule has 0 bridgehead atoms. The maximum atomic E-state index is 4.76. The molecule has 0 spiro atoms. The fraction of sp³-hybridized carbons (Fsp3) is 0.667. The average Bonchev–Trinajstić information content (AvgIpc) is 2.14. The SMILES string of the molecule is COC1NC=NN1. The Bertz CT molecular complexity index is 74.2. The number of methoxy groups -OCH3 is 1. The normalized spacial score (nSPS) is 26.7. The van der Waals surface area contributed by atoms with Gasteiger partial charge in [-0.2, -0.15) is 5.10 Å². The maximum Gasteiger partial charge on any atom is 0.220 e. The second kappa shape index (κ2) is 1.79. The molecule has 0 saturated carbocycles. The van der Waals surface area contributed by atoms with E-state index in [1.165, 1.54) is 0 Å². The fourth-order valence-corrected chi connectivity index (χ4v) is 0.368. The van der Waals surface area contributed by atoms with Gasteiger partial charge in [0.15, 0.2) is 0 Å². The molecule has 7 heavy (non-hydrogen) atoms. The maximum absolute atomic E-state index is 4.76. The monoisotopic (exact) mass is 101 g/mol. The van der Waals surface area contributed by atoms with Crippen LogP contribution >= 0.6 is 0 Å².